The van der Waals surface area contributed by atoms with Crippen molar-refractivity contribution in [3.05, 3.63) is 41.9 Å². The molecule has 1 unspecified atom stereocenters. The summed E-state index contributed by atoms with van der Waals surface area (Å²) in [4.78, 5) is 31.2. The van der Waals surface area contributed by atoms with Gasteiger partial charge in [-0.1, -0.05) is 0 Å². The molecule has 23 heavy (non-hydrogen) atoms. The molecule has 1 N–H and O–H groups in total. The van der Waals surface area contributed by atoms with E-state index in [1.54, 1.807) is 6.20 Å². The molecule has 1 saturated heterocycles. The molecule has 1 atom stereocenters. The van der Waals surface area contributed by atoms with Gasteiger partial charge < -0.3 is 10.2 Å². The first-order valence-corrected chi connectivity index (χ1v) is 7.76. The van der Waals surface area contributed by atoms with Crippen LogP contribution in [0.4, 0.5) is 5.82 Å². The molecule has 0 aromatic carbocycles. The van der Waals surface area contributed by atoms with Crippen molar-refractivity contribution < 1.29 is 4.79 Å². The van der Waals surface area contributed by atoms with Crippen molar-refractivity contribution in [2.45, 2.75) is 32.7 Å². The first-order valence-electron chi connectivity index (χ1n) is 7.76. The minimum absolute atomic E-state index is 0.0776. The second-order valence-corrected chi connectivity index (χ2v) is 5.76. The van der Waals surface area contributed by atoms with Gasteiger partial charge in [0, 0.05) is 43.3 Å². The fourth-order valence-electron chi connectivity index (χ4n) is 2.84. The molecule has 0 aliphatic carbocycles. The third kappa shape index (κ3) is 3.80. The Morgan fingerprint density at radius 2 is 2.17 bits per heavy atom. The first-order chi connectivity index (χ1) is 11.1. The molecule has 1 fully saturated rings. The first kappa shape index (κ1) is 15.3. The Labute approximate surface area is 135 Å². The molecule has 0 radical (unpaired) electrons. The van der Waals surface area contributed by atoms with Crippen molar-refractivity contribution >= 4 is 11.7 Å². The zero-order valence-corrected chi connectivity index (χ0v) is 13.4. The maximum absolute atomic E-state index is 12.2. The highest BCUT2D eigenvalue weighted by atomic mass is 16.2. The lowest BCUT2D eigenvalue weighted by Crippen LogP contribution is -2.48. The highest BCUT2D eigenvalue weighted by Crippen LogP contribution is 2.19. The number of carbonyl (C=O) groups is 1. The number of anilines is 1. The van der Waals surface area contributed by atoms with E-state index in [0.717, 1.165) is 43.3 Å². The van der Waals surface area contributed by atoms with Gasteiger partial charge in [-0.2, -0.15) is 0 Å². The lowest BCUT2D eigenvalue weighted by molar-refractivity contribution is 0.0927. The summed E-state index contributed by atoms with van der Waals surface area (Å²) < 4.78 is 0. The summed E-state index contributed by atoms with van der Waals surface area (Å²) in [6.07, 6.45) is 6.51. The standard InChI is InChI=1S/C16H20N6O/c1-11-8-15(20-12(2)19-11)22-7-3-4-13(10-22)21-16(23)14-9-17-5-6-18-14/h5-6,8-9,13H,3-4,7,10H2,1-2H3,(H,21,23). The van der Waals surface area contributed by atoms with Gasteiger partial charge in [0.05, 0.1) is 6.20 Å². The second-order valence-electron chi connectivity index (χ2n) is 5.76. The van der Waals surface area contributed by atoms with E-state index in [9.17, 15) is 4.79 Å². The lowest BCUT2D eigenvalue weighted by atomic mass is 10.1. The van der Waals surface area contributed by atoms with Gasteiger partial charge in [-0.3, -0.25) is 9.78 Å². The Morgan fingerprint density at radius 1 is 1.30 bits per heavy atom. The van der Waals surface area contributed by atoms with E-state index >= 15 is 0 Å². The molecule has 7 nitrogen and oxygen atoms in total. The maximum atomic E-state index is 12.2. The fourth-order valence-corrected chi connectivity index (χ4v) is 2.84. The van der Waals surface area contributed by atoms with Crippen LogP contribution < -0.4 is 10.2 Å². The number of aromatic nitrogens is 4. The number of carbonyl (C=O) groups excluding carboxylic acids is 1. The predicted octanol–water partition coefficient (Wildman–Crippen LogP) is 1.28. The van der Waals surface area contributed by atoms with Gasteiger partial charge in [0.15, 0.2) is 0 Å². The van der Waals surface area contributed by atoms with E-state index in [2.05, 4.69) is 30.2 Å². The van der Waals surface area contributed by atoms with Crippen LogP contribution in [0.2, 0.25) is 0 Å². The van der Waals surface area contributed by atoms with Gasteiger partial charge in [-0.05, 0) is 26.7 Å². The molecular formula is C16H20N6O. The number of nitrogens with one attached hydrogen (secondary N) is 1. The van der Waals surface area contributed by atoms with Gasteiger partial charge in [-0.25, -0.2) is 15.0 Å². The fraction of sp³-hybridized carbons (Fsp3) is 0.438. The molecule has 0 saturated carbocycles. The molecule has 120 valence electrons. The summed E-state index contributed by atoms with van der Waals surface area (Å²) >= 11 is 0. The third-order valence-corrected chi connectivity index (χ3v) is 3.83. The molecule has 0 bridgehead atoms. The Bertz CT molecular complexity index is 670. The summed E-state index contributed by atoms with van der Waals surface area (Å²) in [5.74, 6) is 1.51. The molecule has 2 aromatic heterocycles. The lowest BCUT2D eigenvalue weighted by Gasteiger charge is -2.34. The summed E-state index contributed by atoms with van der Waals surface area (Å²) in [6.45, 7) is 5.54. The monoisotopic (exact) mass is 312 g/mol. The van der Waals surface area contributed by atoms with Crippen molar-refractivity contribution in [3.8, 4) is 0 Å². The van der Waals surface area contributed by atoms with Crippen LogP contribution in [0.25, 0.3) is 0 Å². The second kappa shape index (κ2) is 6.68. The quantitative estimate of drug-likeness (QED) is 0.919. The number of rotatable bonds is 3. The van der Waals surface area contributed by atoms with E-state index in [-0.39, 0.29) is 11.9 Å². The van der Waals surface area contributed by atoms with E-state index in [1.165, 1.54) is 12.4 Å². The zero-order valence-electron chi connectivity index (χ0n) is 13.4. The van der Waals surface area contributed by atoms with E-state index in [0.29, 0.717) is 5.69 Å². The average molecular weight is 312 g/mol. The van der Waals surface area contributed by atoms with E-state index in [1.807, 2.05) is 19.9 Å². The van der Waals surface area contributed by atoms with Crippen molar-refractivity contribution in [2.24, 2.45) is 0 Å². The van der Waals surface area contributed by atoms with Gasteiger partial charge >= 0.3 is 0 Å². The molecule has 1 aliphatic rings. The van der Waals surface area contributed by atoms with Crippen molar-refractivity contribution in [1.82, 2.24) is 25.3 Å². The minimum atomic E-state index is -0.181. The summed E-state index contributed by atoms with van der Waals surface area (Å²) in [6, 6.07) is 2.06. The highest BCUT2D eigenvalue weighted by Gasteiger charge is 2.23. The molecule has 1 amide bonds. The van der Waals surface area contributed by atoms with Gasteiger partial charge in [-0.15, -0.1) is 0 Å². The van der Waals surface area contributed by atoms with Crippen LogP contribution in [0.3, 0.4) is 0 Å². The van der Waals surface area contributed by atoms with Crippen LogP contribution in [0.5, 0.6) is 0 Å². The van der Waals surface area contributed by atoms with Crippen LogP contribution in [-0.4, -0.2) is 45.0 Å². The molecular weight excluding hydrogens is 292 g/mol. The van der Waals surface area contributed by atoms with Gasteiger partial charge in [0.1, 0.15) is 17.3 Å². The summed E-state index contributed by atoms with van der Waals surface area (Å²) in [5, 5.41) is 3.04. The number of aryl methyl sites for hydroxylation is 2. The topological polar surface area (TPSA) is 83.9 Å². The van der Waals surface area contributed by atoms with Crippen molar-refractivity contribution in [3.63, 3.8) is 0 Å². The van der Waals surface area contributed by atoms with Crippen LogP contribution in [-0.2, 0) is 0 Å². The average Bonchev–Trinajstić information content (AvgIpc) is 2.55. The smallest absolute Gasteiger partial charge is 0.271 e. The Kier molecular flexibility index (Phi) is 4.45. The van der Waals surface area contributed by atoms with Crippen molar-refractivity contribution in [1.29, 1.82) is 0 Å². The number of amides is 1. The number of piperidine rings is 1. The molecule has 0 spiro atoms. The summed E-state index contributed by atoms with van der Waals surface area (Å²) in [7, 11) is 0. The normalized spacial score (nSPS) is 17.8. The Hall–Kier alpha value is -2.57. The number of hydrogen-bond acceptors (Lipinski definition) is 6. The molecule has 3 rings (SSSR count). The summed E-state index contributed by atoms with van der Waals surface area (Å²) in [5.41, 5.74) is 1.30. The number of hydrogen-bond donors (Lipinski definition) is 1. The van der Waals surface area contributed by atoms with Crippen LogP contribution >= 0.6 is 0 Å². The van der Waals surface area contributed by atoms with E-state index in [4.69, 9.17) is 0 Å². The molecule has 7 heteroatoms. The molecule has 2 aromatic rings. The third-order valence-electron chi connectivity index (χ3n) is 3.83. The SMILES string of the molecule is Cc1cc(N2CCCC(NC(=O)c3cnccn3)C2)nc(C)n1. The van der Waals surface area contributed by atoms with Gasteiger partial charge in [0.2, 0.25) is 0 Å². The predicted molar refractivity (Wildman–Crippen MR) is 86.2 cm³/mol. The molecule has 3 heterocycles. The zero-order chi connectivity index (χ0) is 16.2. The van der Waals surface area contributed by atoms with Crippen LogP contribution in [0.1, 0.15) is 34.8 Å². The number of nitrogens with zero attached hydrogens (tertiary/aromatic N) is 5. The highest BCUT2D eigenvalue weighted by molar-refractivity contribution is 5.92. The Balaban J connectivity index is 1.67. The van der Waals surface area contributed by atoms with Crippen LogP contribution in [0, 0.1) is 13.8 Å². The van der Waals surface area contributed by atoms with Crippen molar-refractivity contribution in [2.75, 3.05) is 18.0 Å². The maximum Gasteiger partial charge on any atom is 0.271 e. The van der Waals surface area contributed by atoms with E-state index < -0.39 is 0 Å². The Morgan fingerprint density at radius 3 is 2.91 bits per heavy atom. The van der Waals surface area contributed by atoms with Crippen LogP contribution in [0.15, 0.2) is 24.7 Å². The minimum Gasteiger partial charge on any atom is -0.354 e. The molecule has 1 aliphatic heterocycles. The largest absolute Gasteiger partial charge is 0.354 e. The van der Waals surface area contributed by atoms with Gasteiger partial charge in [0.25, 0.3) is 5.91 Å².